The Morgan fingerprint density at radius 2 is 1.74 bits per heavy atom. The third-order valence-corrected chi connectivity index (χ3v) is 4.90. The average Bonchev–Trinajstić information content (AvgIpc) is 3.18. The summed E-state index contributed by atoms with van der Waals surface area (Å²) in [5.41, 5.74) is 2.65. The van der Waals surface area contributed by atoms with Gasteiger partial charge in [0.2, 0.25) is 0 Å². The van der Waals surface area contributed by atoms with Crippen LogP contribution in [0.5, 0.6) is 5.75 Å². The Hall–Kier alpha value is -3.12. The molecule has 0 radical (unpaired) electrons. The number of nitrogens with one attached hydrogen (secondary N) is 1. The Kier molecular flexibility index (Phi) is 5.88. The zero-order valence-corrected chi connectivity index (χ0v) is 15.8. The highest BCUT2D eigenvalue weighted by Crippen LogP contribution is 2.28. The molecule has 1 amide bonds. The number of aryl methyl sites for hydroxylation is 1. The van der Waals surface area contributed by atoms with Gasteiger partial charge in [-0.2, -0.15) is 0 Å². The van der Waals surface area contributed by atoms with E-state index in [4.69, 9.17) is 4.74 Å². The van der Waals surface area contributed by atoms with Crippen LogP contribution in [-0.2, 0) is 11.3 Å². The molecule has 0 aliphatic heterocycles. The van der Waals surface area contributed by atoms with Gasteiger partial charge in [-0.3, -0.25) is 4.79 Å². The normalized spacial score (nSPS) is 10.3. The molecule has 0 aliphatic rings. The van der Waals surface area contributed by atoms with Crippen molar-refractivity contribution in [2.75, 3.05) is 12.4 Å². The summed E-state index contributed by atoms with van der Waals surface area (Å²) in [7, 11) is 1.31. The fourth-order valence-electron chi connectivity index (χ4n) is 2.44. The van der Waals surface area contributed by atoms with Crippen molar-refractivity contribution in [3.05, 3.63) is 81.5 Å². The highest BCUT2D eigenvalue weighted by atomic mass is 32.1. The molecule has 1 heterocycles. The Morgan fingerprint density at radius 3 is 2.48 bits per heavy atom. The molecule has 1 N–H and O–H groups in total. The van der Waals surface area contributed by atoms with Crippen molar-refractivity contribution in [1.82, 2.24) is 0 Å². The standard InChI is InChI=1S/C21H19NO4S/c1-14-8-9-16(17(12-14)26-13-15-6-4-3-5-7-15)22-20(23)18-10-11-19(27-18)21(24)25-2/h3-12H,13H2,1-2H3,(H,22,23). The van der Waals surface area contributed by atoms with E-state index in [9.17, 15) is 9.59 Å². The van der Waals surface area contributed by atoms with E-state index in [1.165, 1.54) is 7.11 Å². The number of amides is 1. The third-order valence-electron chi connectivity index (χ3n) is 3.84. The van der Waals surface area contributed by atoms with Gasteiger partial charge in [0.15, 0.2) is 0 Å². The van der Waals surface area contributed by atoms with E-state index < -0.39 is 5.97 Å². The van der Waals surface area contributed by atoms with Crippen LogP contribution in [0.3, 0.4) is 0 Å². The Labute approximate surface area is 161 Å². The smallest absolute Gasteiger partial charge is 0.348 e. The lowest BCUT2D eigenvalue weighted by atomic mass is 10.2. The van der Waals surface area contributed by atoms with Crippen LogP contribution in [0.4, 0.5) is 5.69 Å². The van der Waals surface area contributed by atoms with E-state index in [0.29, 0.717) is 27.8 Å². The summed E-state index contributed by atoms with van der Waals surface area (Å²) in [5.74, 6) is -0.165. The van der Waals surface area contributed by atoms with E-state index in [-0.39, 0.29) is 5.91 Å². The van der Waals surface area contributed by atoms with Gasteiger partial charge in [0.1, 0.15) is 17.2 Å². The van der Waals surface area contributed by atoms with Crippen molar-refractivity contribution in [1.29, 1.82) is 0 Å². The molecule has 0 unspecified atom stereocenters. The average molecular weight is 381 g/mol. The summed E-state index contributed by atoms with van der Waals surface area (Å²) in [6.45, 7) is 2.36. The molecule has 0 fully saturated rings. The van der Waals surface area contributed by atoms with Gasteiger partial charge in [-0.1, -0.05) is 36.4 Å². The van der Waals surface area contributed by atoms with Crippen molar-refractivity contribution in [2.24, 2.45) is 0 Å². The Balaban J connectivity index is 1.75. The number of ether oxygens (including phenoxy) is 2. The molecule has 6 heteroatoms. The molecule has 0 saturated carbocycles. The van der Waals surface area contributed by atoms with Gasteiger partial charge >= 0.3 is 5.97 Å². The van der Waals surface area contributed by atoms with Crippen molar-refractivity contribution >= 4 is 28.9 Å². The van der Waals surface area contributed by atoms with Crippen LogP contribution in [0, 0.1) is 6.92 Å². The molecule has 0 atom stereocenters. The van der Waals surface area contributed by atoms with Crippen LogP contribution < -0.4 is 10.1 Å². The number of anilines is 1. The molecule has 0 aliphatic carbocycles. The van der Waals surface area contributed by atoms with Gasteiger partial charge in [-0.05, 0) is 42.3 Å². The molecule has 1 aromatic heterocycles. The van der Waals surface area contributed by atoms with Crippen LogP contribution in [-0.4, -0.2) is 19.0 Å². The van der Waals surface area contributed by atoms with Gasteiger partial charge in [0, 0.05) is 0 Å². The highest BCUT2D eigenvalue weighted by Gasteiger charge is 2.16. The summed E-state index contributed by atoms with van der Waals surface area (Å²) < 4.78 is 10.6. The van der Waals surface area contributed by atoms with Crippen LogP contribution >= 0.6 is 11.3 Å². The second-order valence-electron chi connectivity index (χ2n) is 5.88. The molecule has 5 nitrogen and oxygen atoms in total. The zero-order valence-electron chi connectivity index (χ0n) is 15.0. The van der Waals surface area contributed by atoms with Gasteiger partial charge in [0.05, 0.1) is 17.7 Å². The first-order chi connectivity index (χ1) is 13.1. The van der Waals surface area contributed by atoms with Crippen molar-refractivity contribution in [2.45, 2.75) is 13.5 Å². The maximum Gasteiger partial charge on any atom is 0.348 e. The lowest BCUT2D eigenvalue weighted by Gasteiger charge is -2.13. The first kappa shape index (κ1) is 18.7. The molecular weight excluding hydrogens is 362 g/mol. The van der Waals surface area contributed by atoms with Crippen LogP contribution in [0.2, 0.25) is 0 Å². The number of carbonyl (C=O) groups is 2. The molecule has 138 valence electrons. The number of esters is 1. The summed E-state index contributed by atoms with van der Waals surface area (Å²) in [6, 6.07) is 18.6. The van der Waals surface area contributed by atoms with Gasteiger partial charge in [-0.15, -0.1) is 11.3 Å². The number of thiophene rings is 1. The van der Waals surface area contributed by atoms with E-state index >= 15 is 0 Å². The van der Waals surface area contributed by atoms with Crippen molar-refractivity contribution < 1.29 is 19.1 Å². The number of rotatable bonds is 6. The topological polar surface area (TPSA) is 64.6 Å². The molecular formula is C21H19NO4S. The number of hydrogen-bond acceptors (Lipinski definition) is 5. The predicted octanol–water partition coefficient (Wildman–Crippen LogP) is 4.67. The summed E-state index contributed by atoms with van der Waals surface area (Å²) in [6.07, 6.45) is 0. The van der Waals surface area contributed by atoms with E-state index in [2.05, 4.69) is 10.1 Å². The summed E-state index contributed by atoms with van der Waals surface area (Å²) >= 11 is 1.08. The number of methoxy groups -OCH3 is 1. The maximum absolute atomic E-state index is 12.5. The second kappa shape index (κ2) is 8.51. The van der Waals surface area contributed by atoms with Crippen LogP contribution in [0.25, 0.3) is 0 Å². The molecule has 3 rings (SSSR count). The van der Waals surface area contributed by atoms with Crippen molar-refractivity contribution in [3.63, 3.8) is 0 Å². The molecule has 2 aromatic carbocycles. The predicted molar refractivity (Wildman–Crippen MR) is 106 cm³/mol. The third kappa shape index (κ3) is 4.74. The highest BCUT2D eigenvalue weighted by molar-refractivity contribution is 7.16. The second-order valence-corrected chi connectivity index (χ2v) is 6.97. The van der Waals surface area contributed by atoms with Crippen LogP contribution in [0.1, 0.15) is 30.5 Å². The molecule has 0 saturated heterocycles. The monoisotopic (exact) mass is 381 g/mol. The summed E-state index contributed by atoms with van der Waals surface area (Å²) in [4.78, 5) is 24.9. The minimum atomic E-state index is -0.457. The maximum atomic E-state index is 12.5. The number of hydrogen-bond donors (Lipinski definition) is 1. The van der Waals surface area contributed by atoms with Crippen molar-refractivity contribution in [3.8, 4) is 5.75 Å². The van der Waals surface area contributed by atoms with Gasteiger partial charge in [0.25, 0.3) is 5.91 Å². The van der Waals surface area contributed by atoms with Crippen LogP contribution in [0.15, 0.2) is 60.7 Å². The lowest BCUT2D eigenvalue weighted by Crippen LogP contribution is -2.11. The number of carbonyl (C=O) groups excluding carboxylic acids is 2. The Bertz CT molecular complexity index is 950. The Morgan fingerprint density at radius 1 is 1.00 bits per heavy atom. The molecule has 3 aromatic rings. The minimum Gasteiger partial charge on any atom is -0.487 e. The van der Waals surface area contributed by atoms with E-state index in [1.807, 2.05) is 55.5 Å². The first-order valence-corrected chi connectivity index (χ1v) is 9.15. The van der Waals surface area contributed by atoms with Gasteiger partial charge < -0.3 is 14.8 Å². The fourth-order valence-corrected chi connectivity index (χ4v) is 3.26. The largest absolute Gasteiger partial charge is 0.487 e. The molecule has 0 spiro atoms. The molecule has 27 heavy (non-hydrogen) atoms. The summed E-state index contributed by atoms with van der Waals surface area (Å²) in [5, 5.41) is 2.85. The van der Waals surface area contributed by atoms with E-state index in [1.54, 1.807) is 12.1 Å². The minimum absolute atomic E-state index is 0.302. The molecule has 0 bridgehead atoms. The lowest BCUT2D eigenvalue weighted by molar-refractivity contribution is 0.0606. The van der Waals surface area contributed by atoms with E-state index in [0.717, 1.165) is 22.5 Å². The quantitative estimate of drug-likeness (QED) is 0.630. The SMILES string of the molecule is COC(=O)c1ccc(C(=O)Nc2ccc(C)cc2OCc2ccccc2)s1. The number of benzene rings is 2. The zero-order chi connectivity index (χ0) is 19.2. The fraction of sp³-hybridized carbons (Fsp3) is 0.143. The van der Waals surface area contributed by atoms with Gasteiger partial charge in [-0.25, -0.2) is 4.79 Å². The first-order valence-electron chi connectivity index (χ1n) is 8.33.